The first-order chi connectivity index (χ1) is 27.9. The molecule has 0 spiro atoms. The zero-order chi connectivity index (χ0) is 41.0. The van der Waals surface area contributed by atoms with Crippen LogP contribution in [0, 0.1) is 5.92 Å². The summed E-state index contributed by atoms with van der Waals surface area (Å²) in [5.41, 5.74) is 1.82. The molecular weight excluding hydrogens is 784 g/mol. The maximum Gasteiger partial charge on any atom is 0.408 e. The van der Waals surface area contributed by atoms with Crippen molar-refractivity contribution in [1.29, 1.82) is 0 Å². The number of hydrogen-bond donors (Lipinski definition) is 4. The molecule has 7 rings (SSSR count). The lowest BCUT2D eigenvalue weighted by Crippen LogP contribution is -2.55. The van der Waals surface area contributed by atoms with E-state index >= 15 is 0 Å². The number of alkyl carbamates (subject to hydrolysis) is 1. The van der Waals surface area contributed by atoms with Gasteiger partial charge in [0.1, 0.15) is 46.8 Å². The summed E-state index contributed by atoms with van der Waals surface area (Å²) in [5.74, 6) is -0.368. The number of methoxy groups -OCH3 is 1. The van der Waals surface area contributed by atoms with E-state index in [4.69, 9.17) is 28.7 Å². The number of nitrogens with zero attached hydrogens (tertiary/aromatic N) is 3. The van der Waals surface area contributed by atoms with Crippen LogP contribution in [0.4, 0.5) is 9.93 Å². The molecular formula is C41H55N6O9PS. The Morgan fingerprint density at radius 2 is 1.88 bits per heavy atom. The lowest BCUT2D eigenvalue weighted by atomic mass is 10.0. The molecule has 3 aromatic rings. The van der Waals surface area contributed by atoms with Gasteiger partial charge in [0.15, 0.2) is 5.13 Å². The third-order valence-corrected chi connectivity index (χ3v) is 14.3. The molecule has 2 unspecified atom stereocenters. The summed E-state index contributed by atoms with van der Waals surface area (Å²) in [6.07, 6.45) is 9.51. The average Bonchev–Trinajstić information content (AvgIpc) is 3.60. The normalized spacial score (nSPS) is 27.1. The van der Waals surface area contributed by atoms with E-state index < -0.39 is 54.9 Å². The lowest BCUT2D eigenvalue weighted by molar-refractivity contribution is -0.140. The van der Waals surface area contributed by atoms with Gasteiger partial charge in [-0.2, -0.15) is 0 Å². The van der Waals surface area contributed by atoms with E-state index in [0.29, 0.717) is 46.6 Å². The standard InChI is InChI=1S/C41H55N6O9PS/c1-5-54-57(51,52)41-22-26(41)13-9-7-6-8-10-16-31(45-40(50)56-27-14-11-12-15-27)38(49)47-23-29(20-35(47)37(48)46-41)55-36-21-33(34-24-58-39(44-34)42-25(2)3)43-32-19-28(53-4)17-18-30(32)36/h9,13,17-19,21,24-27,29,31,35H,5-8,10-12,14-16,20,22-23H2,1-4H3,(H,42,44)(H,45,50)(H,46,48)(H,51,52)/b13-9-/t26-,29-,31+,35+,41?/m1/s1. The van der Waals surface area contributed by atoms with Crippen molar-refractivity contribution in [1.82, 2.24) is 25.5 Å². The number of anilines is 1. The molecule has 314 valence electrons. The monoisotopic (exact) mass is 838 g/mol. The fourth-order valence-electron chi connectivity index (χ4n) is 8.26. The quantitative estimate of drug-likeness (QED) is 0.113. The molecule has 2 aromatic heterocycles. The van der Waals surface area contributed by atoms with E-state index in [1.54, 1.807) is 14.0 Å². The highest BCUT2D eigenvalue weighted by molar-refractivity contribution is 7.55. The molecule has 1 aromatic carbocycles. The van der Waals surface area contributed by atoms with Crippen LogP contribution in [0.5, 0.6) is 11.5 Å². The molecule has 1 saturated heterocycles. The van der Waals surface area contributed by atoms with Gasteiger partial charge >= 0.3 is 13.7 Å². The number of carbonyl (C=O) groups excluding carboxylic acids is 3. The Kier molecular flexibility index (Phi) is 13.0. The maximum absolute atomic E-state index is 14.7. The molecule has 4 heterocycles. The number of carbonyl (C=O) groups is 3. The lowest BCUT2D eigenvalue weighted by Gasteiger charge is -2.31. The van der Waals surface area contributed by atoms with Crippen molar-refractivity contribution >= 4 is 52.9 Å². The van der Waals surface area contributed by atoms with Crippen molar-refractivity contribution in [2.75, 3.05) is 25.6 Å². The number of aromatic nitrogens is 2. The number of rotatable bonds is 11. The number of amides is 3. The zero-order valence-corrected chi connectivity index (χ0v) is 35.3. The van der Waals surface area contributed by atoms with Gasteiger partial charge in [0, 0.05) is 41.3 Å². The van der Waals surface area contributed by atoms with Crippen LogP contribution in [0.15, 0.2) is 41.8 Å². The van der Waals surface area contributed by atoms with Crippen molar-refractivity contribution in [3.63, 3.8) is 0 Å². The first kappa shape index (κ1) is 41.9. The highest BCUT2D eigenvalue weighted by Crippen LogP contribution is 2.70. The largest absolute Gasteiger partial charge is 0.497 e. The summed E-state index contributed by atoms with van der Waals surface area (Å²) in [4.78, 5) is 64.7. The first-order valence-corrected chi connectivity index (χ1v) is 23.0. The van der Waals surface area contributed by atoms with Gasteiger partial charge in [0.25, 0.3) is 0 Å². The first-order valence-electron chi connectivity index (χ1n) is 20.5. The fourth-order valence-corrected chi connectivity index (χ4v) is 10.9. The smallest absolute Gasteiger partial charge is 0.408 e. The second-order valence-electron chi connectivity index (χ2n) is 15.9. The summed E-state index contributed by atoms with van der Waals surface area (Å²) in [6.45, 7) is 5.71. The number of thiazole rings is 1. The Balaban J connectivity index is 1.22. The van der Waals surface area contributed by atoms with Crippen LogP contribution in [0.25, 0.3) is 22.3 Å². The SMILES string of the molecule is CCOP(=O)(O)C12C[C@H]1/C=C\CCCCC[C@H](NC(=O)OC1CCCC1)C(=O)N1C[C@H](Oc3cc(-c4csc(NC(C)C)n4)nc4cc(OC)ccc34)C[C@H]1C(=O)N2. The minimum Gasteiger partial charge on any atom is -0.497 e. The van der Waals surface area contributed by atoms with E-state index in [1.807, 2.05) is 55.6 Å². The number of allylic oxidation sites excluding steroid dienone is 1. The number of hydrogen-bond acceptors (Lipinski definition) is 12. The van der Waals surface area contributed by atoms with Crippen molar-refractivity contribution < 1.29 is 42.6 Å². The molecule has 58 heavy (non-hydrogen) atoms. The molecule has 0 bridgehead atoms. The predicted octanol–water partition coefficient (Wildman–Crippen LogP) is 7.15. The Labute approximate surface area is 343 Å². The Hall–Kier alpha value is -4.24. The van der Waals surface area contributed by atoms with Gasteiger partial charge in [-0.1, -0.05) is 25.0 Å². The van der Waals surface area contributed by atoms with E-state index in [1.165, 1.54) is 16.2 Å². The number of ether oxygens (including phenoxy) is 3. The van der Waals surface area contributed by atoms with Gasteiger partial charge in [-0.25, -0.2) is 14.8 Å². The summed E-state index contributed by atoms with van der Waals surface area (Å²) >= 11 is 1.47. The number of pyridine rings is 1. The van der Waals surface area contributed by atoms with Crippen LogP contribution in [0.1, 0.15) is 91.4 Å². The zero-order valence-electron chi connectivity index (χ0n) is 33.6. The highest BCUT2D eigenvalue weighted by atomic mass is 32.1. The summed E-state index contributed by atoms with van der Waals surface area (Å²) in [6, 6.07) is 5.43. The molecule has 2 aliphatic heterocycles. The molecule has 4 N–H and O–H groups in total. The molecule has 15 nitrogen and oxygen atoms in total. The van der Waals surface area contributed by atoms with Gasteiger partial charge in [-0.05, 0) is 84.3 Å². The molecule has 4 aliphatic rings. The number of nitrogens with one attached hydrogen (secondary N) is 3. The second-order valence-corrected chi connectivity index (χ2v) is 18.9. The molecule has 3 amide bonds. The molecule has 3 fully saturated rings. The molecule has 2 aliphatic carbocycles. The minimum atomic E-state index is -4.34. The van der Waals surface area contributed by atoms with Crippen LogP contribution in [0.3, 0.4) is 0 Å². The maximum atomic E-state index is 14.7. The third-order valence-electron chi connectivity index (χ3n) is 11.3. The van der Waals surface area contributed by atoms with Gasteiger partial charge in [-0.3, -0.25) is 14.2 Å². The summed E-state index contributed by atoms with van der Waals surface area (Å²) < 4.78 is 37.1. The Morgan fingerprint density at radius 3 is 2.64 bits per heavy atom. The Bertz CT molecular complexity index is 2060. The Morgan fingerprint density at radius 1 is 1.09 bits per heavy atom. The van der Waals surface area contributed by atoms with Crippen LogP contribution in [-0.2, 0) is 23.4 Å². The van der Waals surface area contributed by atoms with Gasteiger partial charge < -0.3 is 44.5 Å². The van der Waals surface area contributed by atoms with E-state index in [-0.39, 0.29) is 38.1 Å². The number of benzene rings is 1. The van der Waals surface area contributed by atoms with Crippen molar-refractivity contribution in [2.45, 2.75) is 127 Å². The highest BCUT2D eigenvalue weighted by Gasteiger charge is 2.67. The third kappa shape index (κ3) is 9.30. The van der Waals surface area contributed by atoms with E-state index in [0.717, 1.165) is 50.1 Å². The van der Waals surface area contributed by atoms with Gasteiger partial charge in [0.05, 0.1) is 31.5 Å². The van der Waals surface area contributed by atoms with Crippen molar-refractivity contribution in [3.05, 3.63) is 41.8 Å². The van der Waals surface area contributed by atoms with Gasteiger partial charge in [0.2, 0.25) is 11.8 Å². The van der Waals surface area contributed by atoms with Crippen LogP contribution in [0.2, 0.25) is 0 Å². The second kappa shape index (κ2) is 17.9. The van der Waals surface area contributed by atoms with Crippen LogP contribution in [-0.4, -0.2) is 93.5 Å². The molecule has 6 atom stereocenters. The van der Waals surface area contributed by atoms with Crippen LogP contribution >= 0.6 is 18.9 Å². The van der Waals surface area contributed by atoms with E-state index in [9.17, 15) is 23.8 Å². The average molecular weight is 839 g/mol. The topological polar surface area (TPSA) is 191 Å². The number of fused-ring (bicyclic) bond motifs is 3. The summed E-state index contributed by atoms with van der Waals surface area (Å²) in [7, 11) is -2.76. The van der Waals surface area contributed by atoms with Crippen molar-refractivity contribution in [3.8, 4) is 22.9 Å². The predicted molar refractivity (Wildman–Crippen MR) is 221 cm³/mol. The van der Waals surface area contributed by atoms with Gasteiger partial charge in [-0.15, -0.1) is 11.3 Å². The molecule has 2 saturated carbocycles. The fraction of sp³-hybridized carbons (Fsp3) is 0.585. The molecule has 0 radical (unpaired) electrons. The minimum absolute atomic E-state index is 0.0136. The van der Waals surface area contributed by atoms with Crippen LogP contribution < -0.4 is 25.4 Å². The van der Waals surface area contributed by atoms with E-state index in [2.05, 4.69) is 16.0 Å². The molecule has 17 heteroatoms. The summed E-state index contributed by atoms with van der Waals surface area (Å²) in [5, 5.41) is 10.9. The van der Waals surface area contributed by atoms with Crippen molar-refractivity contribution in [2.24, 2.45) is 5.92 Å².